The van der Waals surface area contributed by atoms with Gasteiger partial charge in [0.1, 0.15) is 5.54 Å². The smallest absolute Gasteiger partial charge is 0.303 e. The molecule has 1 heterocycles. The SMILES string of the molecule is Cc1cc(I)cc(N2C(=S)N(c3ccc(C#N)c(C(F)(F)F)c3)C(=O)C2(C)C)c1. The highest BCUT2D eigenvalue weighted by molar-refractivity contribution is 14.1. The molecule has 0 N–H and O–H groups in total. The van der Waals surface area contributed by atoms with Gasteiger partial charge in [-0.05, 0) is 97.5 Å². The Kier molecular flexibility index (Phi) is 5.38. The zero-order valence-corrected chi connectivity index (χ0v) is 18.6. The number of nitrogens with zero attached hydrogens (tertiary/aromatic N) is 3. The van der Waals surface area contributed by atoms with Crippen molar-refractivity contribution in [3.05, 3.63) is 56.7 Å². The van der Waals surface area contributed by atoms with E-state index in [2.05, 4.69) is 22.6 Å². The monoisotopic (exact) mass is 529 g/mol. The van der Waals surface area contributed by atoms with E-state index < -0.39 is 28.7 Å². The number of aryl methyl sites for hydroxylation is 1. The number of carbonyl (C=O) groups excluding carboxylic acids is 1. The molecule has 3 rings (SSSR count). The molecule has 150 valence electrons. The molecular weight excluding hydrogens is 514 g/mol. The summed E-state index contributed by atoms with van der Waals surface area (Å²) in [6, 6.07) is 10.4. The Bertz CT molecular complexity index is 1060. The first-order valence-corrected chi connectivity index (χ1v) is 9.94. The Morgan fingerprint density at radius 1 is 1.14 bits per heavy atom. The number of alkyl halides is 3. The molecule has 1 amide bonds. The molecular formula is C20H15F3IN3OS. The summed E-state index contributed by atoms with van der Waals surface area (Å²) in [5.74, 6) is -0.447. The molecule has 0 spiro atoms. The van der Waals surface area contributed by atoms with Crippen LogP contribution >= 0.6 is 34.8 Å². The van der Waals surface area contributed by atoms with Gasteiger partial charge in [-0.25, -0.2) is 0 Å². The van der Waals surface area contributed by atoms with Gasteiger partial charge in [0.05, 0.1) is 22.9 Å². The largest absolute Gasteiger partial charge is 0.417 e. The maximum atomic E-state index is 13.4. The van der Waals surface area contributed by atoms with Crippen molar-refractivity contribution in [1.82, 2.24) is 0 Å². The molecule has 4 nitrogen and oxygen atoms in total. The minimum absolute atomic E-state index is 0.0238. The van der Waals surface area contributed by atoms with Gasteiger partial charge in [0.15, 0.2) is 5.11 Å². The van der Waals surface area contributed by atoms with Crippen LogP contribution in [0, 0.1) is 21.8 Å². The third-order valence-corrected chi connectivity index (χ3v) is 5.63. The average Bonchev–Trinajstić information content (AvgIpc) is 2.77. The van der Waals surface area contributed by atoms with Crippen LogP contribution in [0.3, 0.4) is 0 Å². The van der Waals surface area contributed by atoms with Crippen molar-refractivity contribution in [3.63, 3.8) is 0 Å². The molecule has 2 aromatic rings. The van der Waals surface area contributed by atoms with Gasteiger partial charge >= 0.3 is 6.18 Å². The van der Waals surface area contributed by atoms with Crippen LogP contribution in [0.5, 0.6) is 0 Å². The van der Waals surface area contributed by atoms with E-state index in [0.29, 0.717) is 5.69 Å². The summed E-state index contributed by atoms with van der Waals surface area (Å²) in [6.07, 6.45) is -4.73. The van der Waals surface area contributed by atoms with Gasteiger partial charge in [-0.2, -0.15) is 18.4 Å². The molecule has 1 saturated heterocycles. The van der Waals surface area contributed by atoms with Crippen LogP contribution in [0.25, 0.3) is 0 Å². The van der Waals surface area contributed by atoms with Crippen molar-refractivity contribution in [2.75, 3.05) is 9.80 Å². The van der Waals surface area contributed by atoms with Crippen molar-refractivity contribution in [3.8, 4) is 6.07 Å². The minimum atomic E-state index is -4.73. The zero-order valence-electron chi connectivity index (χ0n) is 15.6. The second kappa shape index (κ2) is 7.25. The lowest BCUT2D eigenvalue weighted by Gasteiger charge is -2.29. The average molecular weight is 529 g/mol. The second-order valence-electron chi connectivity index (χ2n) is 7.14. The normalized spacial score (nSPS) is 16.3. The summed E-state index contributed by atoms with van der Waals surface area (Å²) in [6.45, 7) is 5.25. The van der Waals surface area contributed by atoms with Gasteiger partial charge in [0, 0.05) is 9.26 Å². The van der Waals surface area contributed by atoms with Crippen molar-refractivity contribution in [1.29, 1.82) is 5.26 Å². The van der Waals surface area contributed by atoms with Gasteiger partial charge < -0.3 is 4.90 Å². The van der Waals surface area contributed by atoms with Gasteiger partial charge in [-0.15, -0.1) is 0 Å². The van der Waals surface area contributed by atoms with Gasteiger partial charge in [-0.3, -0.25) is 9.69 Å². The predicted molar refractivity (Wildman–Crippen MR) is 117 cm³/mol. The number of halogens is 4. The second-order valence-corrected chi connectivity index (χ2v) is 8.75. The Labute approximate surface area is 185 Å². The topological polar surface area (TPSA) is 47.3 Å². The van der Waals surface area contributed by atoms with E-state index in [0.717, 1.165) is 26.2 Å². The van der Waals surface area contributed by atoms with Crippen LogP contribution in [0.1, 0.15) is 30.5 Å². The van der Waals surface area contributed by atoms with Crippen molar-refractivity contribution in [2.45, 2.75) is 32.5 Å². The summed E-state index contributed by atoms with van der Waals surface area (Å²) in [5, 5.41) is 9.09. The van der Waals surface area contributed by atoms with Crippen molar-refractivity contribution < 1.29 is 18.0 Å². The van der Waals surface area contributed by atoms with Crippen LogP contribution in [-0.2, 0) is 11.0 Å². The van der Waals surface area contributed by atoms with Crippen LogP contribution in [0.4, 0.5) is 24.5 Å². The summed E-state index contributed by atoms with van der Waals surface area (Å²) < 4.78 is 41.1. The fraction of sp³-hybridized carbons (Fsp3) is 0.250. The Hall–Kier alpha value is -2.19. The molecule has 0 saturated carbocycles. The number of amides is 1. The van der Waals surface area contributed by atoms with Crippen molar-refractivity contribution >= 4 is 57.2 Å². The van der Waals surface area contributed by atoms with E-state index in [1.165, 1.54) is 12.1 Å². The molecule has 1 aliphatic heterocycles. The number of hydrogen-bond acceptors (Lipinski definition) is 3. The molecule has 0 atom stereocenters. The lowest BCUT2D eigenvalue weighted by molar-refractivity contribution is -0.137. The highest BCUT2D eigenvalue weighted by Gasteiger charge is 2.50. The van der Waals surface area contributed by atoms with Crippen LogP contribution in [-0.4, -0.2) is 16.6 Å². The summed E-state index contributed by atoms with van der Waals surface area (Å²) in [7, 11) is 0. The highest BCUT2D eigenvalue weighted by Crippen LogP contribution is 2.40. The van der Waals surface area contributed by atoms with E-state index in [4.69, 9.17) is 17.5 Å². The fourth-order valence-corrected chi connectivity index (χ4v) is 4.64. The van der Waals surface area contributed by atoms with Crippen LogP contribution < -0.4 is 9.80 Å². The molecule has 1 fully saturated rings. The number of anilines is 2. The van der Waals surface area contributed by atoms with Crippen LogP contribution in [0.2, 0.25) is 0 Å². The van der Waals surface area contributed by atoms with Gasteiger partial charge in [0.2, 0.25) is 0 Å². The van der Waals surface area contributed by atoms with E-state index in [1.807, 2.05) is 25.1 Å². The molecule has 0 radical (unpaired) electrons. The first-order chi connectivity index (χ1) is 13.4. The molecule has 0 aromatic heterocycles. The van der Waals surface area contributed by atoms with Gasteiger partial charge in [-0.1, -0.05) is 0 Å². The Balaban J connectivity index is 2.14. The zero-order chi connectivity index (χ0) is 21.7. The number of nitriles is 1. The standard InChI is InChI=1S/C20H15F3IN3OS/c1-11-6-13(24)8-15(7-11)27-18(29)26(17(28)19(27,2)3)14-5-4-12(10-25)16(9-14)20(21,22)23/h4-9H,1-3H3. The number of hydrogen-bond donors (Lipinski definition) is 0. The van der Waals surface area contributed by atoms with E-state index >= 15 is 0 Å². The Morgan fingerprint density at radius 3 is 2.34 bits per heavy atom. The van der Waals surface area contributed by atoms with E-state index in [9.17, 15) is 18.0 Å². The predicted octanol–water partition coefficient (Wildman–Crippen LogP) is 5.41. The molecule has 0 bridgehead atoms. The maximum Gasteiger partial charge on any atom is 0.417 e. The van der Waals surface area contributed by atoms with Crippen molar-refractivity contribution in [2.24, 2.45) is 0 Å². The third kappa shape index (κ3) is 3.71. The summed E-state index contributed by atoms with van der Waals surface area (Å²) in [4.78, 5) is 15.9. The number of rotatable bonds is 2. The first-order valence-electron chi connectivity index (χ1n) is 8.45. The third-order valence-electron chi connectivity index (χ3n) is 4.64. The highest BCUT2D eigenvalue weighted by atomic mass is 127. The molecule has 2 aromatic carbocycles. The number of thiocarbonyl (C=S) groups is 1. The molecule has 0 aliphatic carbocycles. The quantitative estimate of drug-likeness (QED) is 0.386. The Morgan fingerprint density at radius 2 is 1.79 bits per heavy atom. The maximum absolute atomic E-state index is 13.4. The van der Waals surface area contributed by atoms with Gasteiger partial charge in [0.25, 0.3) is 5.91 Å². The molecule has 0 unspecified atom stereocenters. The minimum Gasteiger partial charge on any atom is -0.303 e. The van der Waals surface area contributed by atoms with E-state index in [-0.39, 0.29) is 10.8 Å². The summed E-state index contributed by atoms with van der Waals surface area (Å²) in [5.41, 5.74) is -1.08. The summed E-state index contributed by atoms with van der Waals surface area (Å²) >= 11 is 7.67. The lowest BCUT2D eigenvalue weighted by Crippen LogP contribution is -2.44. The first kappa shape index (κ1) is 21.5. The van der Waals surface area contributed by atoms with E-state index in [1.54, 1.807) is 18.7 Å². The lowest BCUT2D eigenvalue weighted by atomic mass is 10.0. The molecule has 9 heteroatoms. The number of carbonyl (C=O) groups is 1. The molecule has 29 heavy (non-hydrogen) atoms. The van der Waals surface area contributed by atoms with Crippen LogP contribution in [0.15, 0.2) is 36.4 Å². The number of benzene rings is 2. The fourth-order valence-electron chi connectivity index (χ4n) is 3.31. The molecule has 1 aliphatic rings.